The van der Waals surface area contributed by atoms with Gasteiger partial charge in [-0.25, -0.2) is 9.18 Å². The van der Waals surface area contributed by atoms with Crippen molar-refractivity contribution in [1.29, 1.82) is 0 Å². The number of nitrogens with zero attached hydrogens (tertiary/aromatic N) is 3. The van der Waals surface area contributed by atoms with E-state index in [1.54, 1.807) is 26.1 Å². The van der Waals surface area contributed by atoms with Crippen LogP contribution in [-0.2, 0) is 20.9 Å². The van der Waals surface area contributed by atoms with Gasteiger partial charge >= 0.3 is 5.97 Å². The molecule has 2 heterocycles. The molecule has 1 amide bonds. The van der Waals surface area contributed by atoms with Gasteiger partial charge in [0.1, 0.15) is 23.4 Å². The van der Waals surface area contributed by atoms with E-state index in [0.717, 1.165) is 0 Å². The summed E-state index contributed by atoms with van der Waals surface area (Å²) in [6, 6.07) is 6.20. The first-order valence-electron chi connectivity index (χ1n) is 9.53. The molecule has 7 nitrogen and oxygen atoms in total. The van der Waals surface area contributed by atoms with Gasteiger partial charge in [0.05, 0.1) is 13.2 Å². The number of carboxylic acids is 1. The Bertz CT molecular complexity index is 861. The summed E-state index contributed by atoms with van der Waals surface area (Å²) < 4.78 is 19.3. The number of ether oxygens (including phenoxy) is 1. The number of hydrogen-bond acceptors (Lipinski definition) is 5. The van der Waals surface area contributed by atoms with Crippen LogP contribution in [0.4, 0.5) is 4.39 Å². The lowest BCUT2D eigenvalue weighted by molar-refractivity contribution is -0.133. The molecule has 1 saturated heterocycles. The van der Waals surface area contributed by atoms with Crippen LogP contribution in [0.25, 0.3) is 0 Å². The molecule has 1 aromatic carbocycles. The Hall–Kier alpha value is -2.71. The van der Waals surface area contributed by atoms with Gasteiger partial charge in [-0.3, -0.25) is 9.69 Å². The topological polar surface area (TPSA) is 73.3 Å². The molecule has 0 bridgehead atoms. The summed E-state index contributed by atoms with van der Waals surface area (Å²) in [6.07, 6.45) is 1.62. The number of aliphatic carboxylic acids is 1. The lowest BCUT2D eigenvalue weighted by atomic mass is 9.99. The number of halogens is 1. The molecule has 3 rings (SSSR count). The molecule has 1 fully saturated rings. The Labute approximate surface area is 169 Å². The van der Waals surface area contributed by atoms with Crippen LogP contribution in [0.3, 0.4) is 0 Å². The number of carboxylic acid groups (broad SMARTS) is 1. The molecule has 1 unspecified atom stereocenters. The summed E-state index contributed by atoms with van der Waals surface area (Å²) in [4.78, 5) is 29.7. The minimum Gasteiger partial charge on any atom is -0.478 e. The third-order valence-corrected chi connectivity index (χ3v) is 5.27. The van der Waals surface area contributed by atoms with Crippen molar-refractivity contribution in [3.63, 3.8) is 0 Å². The smallest absolute Gasteiger partial charge is 0.339 e. The average Bonchev–Trinajstić information content (AvgIpc) is 2.68. The summed E-state index contributed by atoms with van der Waals surface area (Å²) in [5, 5.41) is 9.88. The third kappa shape index (κ3) is 4.49. The molecule has 2 aliphatic heterocycles. The summed E-state index contributed by atoms with van der Waals surface area (Å²) in [5.41, 5.74) is 1.35. The second-order valence-electron chi connectivity index (χ2n) is 7.25. The number of carbonyl (C=O) groups excluding carboxylic acids is 1. The zero-order valence-electron chi connectivity index (χ0n) is 16.9. The van der Waals surface area contributed by atoms with Gasteiger partial charge in [0.15, 0.2) is 0 Å². The predicted octanol–water partition coefficient (Wildman–Crippen LogP) is 2.02. The van der Waals surface area contributed by atoms with Crippen LogP contribution in [0.2, 0.25) is 0 Å². The SMILES string of the molecule is CC(=O)N(C)C1=C(C(=O)O)C(C)=CC(N2CCOCC2)N1Cc1cccc(F)c1. The molecule has 0 radical (unpaired) electrons. The number of amides is 1. The maximum absolute atomic E-state index is 13.8. The van der Waals surface area contributed by atoms with E-state index in [4.69, 9.17) is 4.74 Å². The number of hydrogen-bond donors (Lipinski definition) is 1. The van der Waals surface area contributed by atoms with Crippen molar-refractivity contribution in [2.75, 3.05) is 33.4 Å². The highest BCUT2D eigenvalue weighted by Gasteiger charge is 2.37. The van der Waals surface area contributed by atoms with Crippen LogP contribution in [0.15, 0.2) is 47.3 Å². The molecular weight excluding hydrogens is 377 g/mol. The maximum Gasteiger partial charge on any atom is 0.339 e. The number of rotatable bonds is 5. The van der Waals surface area contributed by atoms with Crippen LogP contribution >= 0.6 is 0 Å². The first-order chi connectivity index (χ1) is 13.8. The van der Waals surface area contributed by atoms with Crippen molar-refractivity contribution >= 4 is 11.9 Å². The predicted molar refractivity (Wildman–Crippen MR) is 105 cm³/mol. The van der Waals surface area contributed by atoms with Gasteiger partial charge in [0, 0.05) is 33.6 Å². The molecule has 1 N–H and O–H groups in total. The third-order valence-electron chi connectivity index (χ3n) is 5.27. The van der Waals surface area contributed by atoms with Gasteiger partial charge < -0.3 is 19.6 Å². The highest BCUT2D eigenvalue weighted by atomic mass is 19.1. The van der Waals surface area contributed by atoms with Gasteiger partial charge in [-0.05, 0) is 36.3 Å². The first-order valence-corrected chi connectivity index (χ1v) is 9.53. The van der Waals surface area contributed by atoms with Crippen molar-refractivity contribution in [3.05, 3.63) is 58.7 Å². The van der Waals surface area contributed by atoms with Crippen LogP contribution in [0.5, 0.6) is 0 Å². The van der Waals surface area contributed by atoms with Gasteiger partial charge in [0.2, 0.25) is 5.91 Å². The van der Waals surface area contributed by atoms with E-state index in [9.17, 15) is 19.1 Å². The minimum absolute atomic E-state index is 0.0728. The highest BCUT2D eigenvalue weighted by molar-refractivity contribution is 5.93. The number of carbonyl (C=O) groups is 2. The Kier molecular flexibility index (Phi) is 6.34. The van der Waals surface area contributed by atoms with Crippen LogP contribution in [0.1, 0.15) is 19.4 Å². The van der Waals surface area contributed by atoms with E-state index < -0.39 is 5.97 Å². The van der Waals surface area contributed by atoms with E-state index in [1.807, 2.05) is 11.0 Å². The molecule has 0 aromatic heterocycles. The zero-order chi connectivity index (χ0) is 21.1. The molecule has 0 aliphatic carbocycles. The molecule has 0 spiro atoms. The summed E-state index contributed by atoms with van der Waals surface area (Å²) in [6.45, 7) is 5.89. The fourth-order valence-electron chi connectivity index (χ4n) is 3.76. The molecule has 1 atom stereocenters. The summed E-state index contributed by atoms with van der Waals surface area (Å²) in [5.74, 6) is -1.44. The molecule has 1 aromatic rings. The quantitative estimate of drug-likeness (QED) is 0.811. The summed E-state index contributed by atoms with van der Waals surface area (Å²) in [7, 11) is 1.56. The van der Waals surface area contributed by atoms with E-state index in [2.05, 4.69) is 4.90 Å². The monoisotopic (exact) mass is 403 g/mol. The Balaban J connectivity index is 2.11. The Morgan fingerprint density at radius 2 is 2.00 bits per heavy atom. The average molecular weight is 403 g/mol. The molecule has 29 heavy (non-hydrogen) atoms. The minimum atomic E-state index is -1.11. The maximum atomic E-state index is 13.8. The zero-order valence-corrected chi connectivity index (χ0v) is 16.9. The highest BCUT2D eigenvalue weighted by Crippen LogP contribution is 2.32. The Morgan fingerprint density at radius 1 is 1.31 bits per heavy atom. The van der Waals surface area contributed by atoms with Gasteiger partial charge in [-0.2, -0.15) is 0 Å². The molecule has 2 aliphatic rings. The van der Waals surface area contributed by atoms with Crippen molar-refractivity contribution in [1.82, 2.24) is 14.7 Å². The second kappa shape index (κ2) is 8.75. The van der Waals surface area contributed by atoms with E-state index in [-0.39, 0.29) is 30.0 Å². The lowest BCUT2D eigenvalue weighted by Gasteiger charge is -2.46. The number of benzene rings is 1. The van der Waals surface area contributed by atoms with Crippen molar-refractivity contribution in [2.24, 2.45) is 0 Å². The normalized spacial score (nSPS) is 20.5. The van der Waals surface area contributed by atoms with Gasteiger partial charge in [-0.1, -0.05) is 12.1 Å². The van der Waals surface area contributed by atoms with Gasteiger partial charge in [-0.15, -0.1) is 0 Å². The van der Waals surface area contributed by atoms with Crippen molar-refractivity contribution in [2.45, 2.75) is 26.6 Å². The number of morpholine rings is 1. The first kappa shape index (κ1) is 21.0. The lowest BCUT2D eigenvalue weighted by Crippen LogP contribution is -2.55. The molecule has 8 heteroatoms. The van der Waals surface area contributed by atoms with Crippen LogP contribution in [0, 0.1) is 5.82 Å². The van der Waals surface area contributed by atoms with Crippen molar-refractivity contribution < 1.29 is 23.8 Å². The second-order valence-corrected chi connectivity index (χ2v) is 7.25. The van der Waals surface area contributed by atoms with Crippen LogP contribution < -0.4 is 0 Å². The molecule has 0 saturated carbocycles. The van der Waals surface area contributed by atoms with E-state index in [1.165, 1.54) is 24.0 Å². The van der Waals surface area contributed by atoms with E-state index in [0.29, 0.717) is 43.3 Å². The fraction of sp³-hybridized carbons (Fsp3) is 0.429. The largest absolute Gasteiger partial charge is 0.478 e. The fourth-order valence-corrected chi connectivity index (χ4v) is 3.76. The van der Waals surface area contributed by atoms with E-state index >= 15 is 0 Å². The summed E-state index contributed by atoms with van der Waals surface area (Å²) >= 11 is 0. The van der Waals surface area contributed by atoms with Crippen molar-refractivity contribution in [3.8, 4) is 0 Å². The standard InChI is InChI=1S/C21H26FN3O4/c1-14-11-18(24-7-9-29-10-8-24)25(13-16-5-4-6-17(22)12-16)20(19(14)21(27)28)23(3)15(2)26/h4-6,11-12,18H,7-10,13H2,1-3H3,(H,27,28). The van der Waals surface area contributed by atoms with Gasteiger partial charge in [0.25, 0.3) is 0 Å². The Morgan fingerprint density at radius 3 is 2.59 bits per heavy atom. The van der Waals surface area contributed by atoms with Crippen LogP contribution in [-0.4, -0.2) is 71.2 Å². The molecular formula is C21H26FN3O4. The molecule has 156 valence electrons.